The van der Waals surface area contributed by atoms with E-state index in [1.54, 1.807) is 0 Å². The summed E-state index contributed by atoms with van der Waals surface area (Å²) in [6.45, 7) is 6.30. The van der Waals surface area contributed by atoms with Crippen molar-refractivity contribution in [3.8, 4) is 0 Å². The molecule has 0 bridgehead atoms. The predicted molar refractivity (Wildman–Crippen MR) is 255 cm³/mol. The number of hydrogen-bond acceptors (Lipinski definition) is 5. The maximum absolute atomic E-state index is 13.2. The summed E-state index contributed by atoms with van der Waals surface area (Å²) in [5.74, 6) is -0.568. The average molecular weight is 824 g/mol. The summed E-state index contributed by atoms with van der Waals surface area (Å²) in [6, 6.07) is -0.729. The van der Waals surface area contributed by atoms with E-state index in [2.05, 4.69) is 50.4 Å². The van der Waals surface area contributed by atoms with Crippen LogP contribution in [0.5, 0.6) is 0 Å². The van der Waals surface area contributed by atoms with Crippen LogP contribution in [0.2, 0.25) is 0 Å². The minimum absolute atomic E-state index is 0.0204. The van der Waals surface area contributed by atoms with Crippen molar-refractivity contribution >= 4 is 11.9 Å². The number of ether oxygens (including phenoxy) is 1. The van der Waals surface area contributed by atoms with Crippen LogP contribution < -0.4 is 5.32 Å². The Morgan fingerprint density at radius 2 is 0.949 bits per heavy atom. The van der Waals surface area contributed by atoms with Gasteiger partial charge in [-0.3, -0.25) is 9.59 Å². The van der Waals surface area contributed by atoms with E-state index in [-0.39, 0.29) is 24.9 Å². The number of carbonyl (C=O) groups is 2. The second-order valence-corrected chi connectivity index (χ2v) is 16.6. The summed E-state index contributed by atoms with van der Waals surface area (Å²) in [5.41, 5.74) is 0. The highest BCUT2D eigenvalue weighted by Gasteiger charge is 2.24. The van der Waals surface area contributed by atoms with Gasteiger partial charge in [-0.2, -0.15) is 0 Å². The van der Waals surface area contributed by atoms with Gasteiger partial charge in [-0.25, -0.2) is 0 Å². The number of nitrogens with one attached hydrogen (secondary N) is 1. The van der Waals surface area contributed by atoms with Crippen molar-refractivity contribution in [2.45, 2.75) is 244 Å². The molecule has 0 saturated carbocycles. The minimum atomic E-state index is -0.811. The Morgan fingerprint density at radius 3 is 1.46 bits per heavy atom. The molecule has 0 saturated heterocycles. The first-order valence-corrected chi connectivity index (χ1v) is 24.7. The van der Waals surface area contributed by atoms with E-state index in [9.17, 15) is 19.8 Å². The van der Waals surface area contributed by atoms with Crippen molar-refractivity contribution < 1.29 is 24.5 Å². The Balaban J connectivity index is 4.70. The van der Waals surface area contributed by atoms with E-state index in [0.29, 0.717) is 19.3 Å². The number of allylic oxidation sites excluding steroid dienone is 12. The number of unbranched alkanes of at least 4 members (excludes halogenated alkanes) is 23. The van der Waals surface area contributed by atoms with E-state index in [4.69, 9.17) is 4.74 Å². The van der Waals surface area contributed by atoms with Gasteiger partial charge in [-0.1, -0.05) is 222 Å². The van der Waals surface area contributed by atoms with Crippen LogP contribution in [-0.2, 0) is 14.3 Å². The lowest BCUT2D eigenvalue weighted by atomic mass is 10.0. The average Bonchev–Trinajstić information content (AvgIpc) is 3.23. The fraction of sp³-hybridized carbons (Fsp3) is 0.736. The quantitative estimate of drug-likeness (QED) is 0.0246. The van der Waals surface area contributed by atoms with Crippen molar-refractivity contribution in [2.24, 2.45) is 0 Å². The Labute approximate surface area is 364 Å². The zero-order valence-corrected chi connectivity index (χ0v) is 38.6. The summed E-state index contributed by atoms with van der Waals surface area (Å²) >= 11 is 0. The van der Waals surface area contributed by atoms with Gasteiger partial charge in [-0.15, -0.1) is 0 Å². The Bertz CT molecular complexity index is 1110. The smallest absolute Gasteiger partial charge is 0.306 e. The van der Waals surface area contributed by atoms with Gasteiger partial charge >= 0.3 is 5.97 Å². The largest absolute Gasteiger partial charge is 0.462 e. The standard InChI is InChI=1S/C53H93NO5/c1-4-7-10-13-16-19-22-25-28-30-33-36-39-42-45-51(56)50(48-55)54-52(57)47-49(44-41-38-35-32-29-26-23-20-17-14-11-8-5-2)59-53(58)46-43-40-37-34-31-27-24-21-18-15-12-9-6-3/h8,11,14,17,20,23,26-27,29,31-32,35,49-51,55-56H,4-7,9-10,12-13,15-16,18-19,21-22,24-25,28,30,33-34,36-48H2,1-3H3,(H,54,57)/b11-8+,17-14+,23-20-,29-26-,31-27-,35-32+. The molecule has 0 aromatic rings. The van der Waals surface area contributed by atoms with Crippen LogP contribution in [0.15, 0.2) is 72.9 Å². The molecule has 0 heterocycles. The molecule has 6 nitrogen and oxygen atoms in total. The number of carbonyl (C=O) groups excluding carboxylic acids is 2. The number of hydrogen-bond donors (Lipinski definition) is 3. The molecule has 340 valence electrons. The van der Waals surface area contributed by atoms with Gasteiger partial charge in [0.15, 0.2) is 0 Å². The molecule has 0 fully saturated rings. The third kappa shape index (κ3) is 41.8. The summed E-state index contributed by atoms with van der Waals surface area (Å²) < 4.78 is 5.87. The summed E-state index contributed by atoms with van der Waals surface area (Å²) in [7, 11) is 0. The molecule has 3 unspecified atom stereocenters. The van der Waals surface area contributed by atoms with Crippen molar-refractivity contribution in [1.29, 1.82) is 0 Å². The Hall–Kier alpha value is -2.70. The van der Waals surface area contributed by atoms with Gasteiger partial charge in [0, 0.05) is 6.42 Å². The van der Waals surface area contributed by atoms with Gasteiger partial charge in [0.1, 0.15) is 6.10 Å². The third-order valence-electron chi connectivity index (χ3n) is 10.9. The highest BCUT2D eigenvalue weighted by molar-refractivity contribution is 5.77. The second kappa shape index (κ2) is 46.4. The van der Waals surface area contributed by atoms with Crippen LogP contribution >= 0.6 is 0 Å². The molecule has 0 radical (unpaired) electrons. The van der Waals surface area contributed by atoms with E-state index in [1.807, 2.05) is 48.6 Å². The van der Waals surface area contributed by atoms with Crippen molar-refractivity contribution in [3.63, 3.8) is 0 Å². The third-order valence-corrected chi connectivity index (χ3v) is 10.9. The summed E-state index contributed by atoms with van der Waals surface area (Å²) in [5, 5.41) is 23.7. The Kier molecular flexibility index (Phi) is 44.2. The molecule has 0 aliphatic rings. The lowest BCUT2D eigenvalue weighted by molar-refractivity contribution is -0.151. The first kappa shape index (κ1) is 56.3. The maximum atomic E-state index is 13.2. The maximum Gasteiger partial charge on any atom is 0.306 e. The molecule has 0 aromatic heterocycles. The molecule has 3 N–H and O–H groups in total. The number of aliphatic hydroxyl groups excluding tert-OH is 2. The molecule has 3 atom stereocenters. The zero-order valence-electron chi connectivity index (χ0n) is 38.6. The molecule has 1 amide bonds. The first-order chi connectivity index (χ1) is 29.0. The molecular formula is C53H93NO5. The summed E-state index contributed by atoms with van der Waals surface area (Å²) in [4.78, 5) is 26.0. The van der Waals surface area contributed by atoms with Crippen molar-refractivity contribution in [3.05, 3.63) is 72.9 Å². The normalized spacial score (nSPS) is 13.9. The van der Waals surface area contributed by atoms with E-state index < -0.39 is 18.2 Å². The predicted octanol–water partition coefficient (Wildman–Crippen LogP) is 14.6. The molecule has 6 heteroatoms. The van der Waals surface area contributed by atoms with Gasteiger partial charge in [0.25, 0.3) is 0 Å². The molecule has 0 aliphatic carbocycles. The van der Waals surface area contributed by atoms with E-state index in [0.717, 1.165) is 70.6 Å². The highest BCUT2D eigenvalue weighted by atomic mass is 16.5. The van der Waals surface area contributed by atoms with E-state index in [1.165, 1.54) is 109 Å². The lowest BCUT2D eigenvalue weighted by Crippen LogP contribution is -2.46. The molecule has 0 aromatic carbocycles. The Morgan fingerprint density at radius 1 is 0.508 bits per heavy atom. The van der Waals surface area contributed by atoms with Gasteiger partial charge in [0.2, 0.25) is 5.91 Å². The minimum Gasteiger partial charge on any atom is -0.462 e. The molecule has 59 heavy (non-hydrogen) atoms. The van der Waals surface area contributed by atoms with Crippen LogP contribution in [0.25, 0.3) is 0 Å². The first-order valence-electron chi connectivity index (χ1n) is 24.7. The number of amides is 1. The zero-order chi connectivity index (χ0) is 43.1. The molecule has 0 rings (SSSR count). The van der Waals surface area contributed by atoms with Gasteiger partial charge in [-0.05, 0) is 64.2 Å². The number of esters is 1. The fourth-order valence-electron chi connectivity index (χ4n) is 7.16. The van der Waals surface area contributed by atoms with E-state index >= 15 is 0 Å². The molecular weight excluding hydrogens is 731 g/mol. The fourth-order valence-corrected chi connectivity index (χ4v) is 7.16. The topological polar surface area (TPSA) is 95.9 Å². The van der Waals surface area contributed by atoms with Crippen molar-refractivity contribution in [2.75, 3.05) is 6.61 Å². The molecule has 0 aliphatic heterocycles. The van der Waals surface area contributed by atoms with Gasteiger partial charge < -0.3 is 20.3 Å². The number of aliphatic hydroxyl groups is 2. The molecule has 0 spiro atoms. The van der Waals surface area contributed by atoms with Crippen LogP contribution in [0.1, 0.15) is 226 Å². The number of rotatable bonds is 43. The SMILES string of the molecule is CC/C=C/C=C/C=C\C=C/C=C/CCCC(CC(=O)NC(CO)C(O)CCCCCCCCCCCCCCCC)OC(=O)CCCCC/C=C\CCCCCCCC. The van der Waals surface area contributed by atoms with Crippen molar-refractivity contribution in [1.82, 2.24) is 5.32 Å². The lowest BCUT2D eigenvalue weighted by Gasteiger charge is -2.24. The van der Waals surface area contributed by atoms with Crippen LogP contribution in [0.4, 0.5) is 0 Å². The van der Waals surface area contributed by atoms with Gasteiger partial charge in [0.05, 0.1) is 25.2 Å². The summed E-state index contributed by atoms with van der Waals surface area (Å²) in [6.07, 6.45) is 58.2. The van der Waals surface area contributed by atoms with Crippen LogP contribution in [-0.4, -0.2) is 46.9 Å². The highest BCUT2D eigenvalue weighted by Crippen LogP contribution is 2.17. The second-order valence-electron chi connectivity index (χ2n) is 16.6. The monoisotopic (exact) mass is 824 g/mol. The van der Waals surface area contributed by atoms with Crippen LogP contribution in [0.3, 0.4) is 0 Å². The van der Waals surface area contributed by atoms with Crippen LogP contribution in [0, 0.1) is 0 Å².